The summed E-state index contributed by atoms with van der Waals surface area (Å²) >= 11 is 1.27. The Morgan fingerprint density at radius 3 is 2.77 bits per heavy atom. The van der Waals surface area contributed by atoms with Crippen molar-refractivity contribution >= 4 is 28.6 Å². The van der Waals surface area contributed by atoms with Crippen molar-refractivity contribution in [2.24, 2.45) is 4.99 Å². The highest BCUT2D eigenvalue weighted by Crippen LogP contribution is 2.35. The van der Waals surface area contributed by atoms with E-state index in [0.717, 1.165) is 17.0 Å². The highest BCUT2D eigenvalue weighted by atomic mass is 32.1. The first-order valence-corrected chi connectivity index (χ1v) is 13.5. The number of allylic oxidation sites excluding steroid dienone is 3. The van der Waals surface area contributed by atoms with Crippen molar-refractivity contribution in [1.82, 2.24) is 15.2 Å². The minimum Gasteiger partial charge on any atom is -0.496 e. The van der Waals surface area contributed by atoms with Gasteiger partial charge in [-0.25, -0.2) is 4.39 Å². The maximum Gasteiger partial charge on any atom is 0.259 e. The molecule has 0 aliphatic carbocycles. The van der Waals surface area contributed by atoms with Gasteiger partial charge in [-0.15, -0.1) is 10.2 Å². The third-order valence-electron chi connectivity index (χ3n) is 6.22. The van der Waals surface area contributed by atoms with Crippen molar-refractivity contribution < 1.29 is 19.0 Å². The minimum absolute atomic E-state index is 0.192. The van der Waals surface area contributed by atoms with Crippen LogP contribution in [-0.2, 0) is 6.42 Å². The summed E-state index contributed by atoms with van der Waals surface area (Å²) in [6, 6.07) is 6.17. The molecule has 39 heavy (non-hydrogen) atoms. The molecule has 0 aliphatic rings. The summed E-state index contributed by atoms with van der Waals surface area (Å²) in [7, 11) is 1.45. The molecule has 0 saturated heterocycles. The number of aromatic nitrogens is 3. The summed E-state index contributed by atoms with van der Waals surface area (Å²) in [6.07, 6.45) is 6.53. The number of aliphatic hydroxyl groups is 1. The average molecular weight is 552 g/mol. The SMILES string of the molecule is C\C=C(/N=C\C(CCc1nnc(NC(=O)c2cnc(C)cc2-c2c(F)cccc2OC)s1)=C(\C)CC)C(C)O. The summed E-state index contributed by atoms with van der Waals surface area (Å²) in [5.74, 6) is -0.661. The zero-order chi connectivity index (χ0) is 28.5. The fraction of sp³-hybridized carbons (Fsp3) is 0.345. The number of ether oxygens (including phenoxy) is 1. The van der Waals surface area contributed by atoms with Crippen molar-refractivity contribution in [2.45, 2.75) is 60.0 Å². The number of rotatable bonds is 11. The van der Waals surface area contributed by atoms with E-state index in [1.165, 1.54) is 36.3 Å². The predicted molar refractivity (Wildman–Crippen MR) is 154 cm³/mol. The number of hydrogen-bond acceptors (Lipinski definition) is 8. The Balaban J connectivity index is 1.79. The van der Waals surface area contributed by atoms with Gasteiger partial charge in [0.2, 0.25) is 5.13 Å². The summed E-state index contributed by atoms with van der Waals surface area (Å²) < 4.78 is 20.2. The third-order valence-corrected chi connectivity index (χ3v) is 7.12. The summed E-state index contributed by atoms with van der Waals surface area (Å²) in [5.41, 5.74) is 4.26. The Labute approximate surface area is 232 Å². The molecule has 1 amide bonds. The molecular formula is C29H34FN5O3S. The van der Waals surface area contributed by atoms with Crippen molar-refractivity contribution in [3.8, 4) is 16.9 Å². The van der Waals surface area contributed by atoms with Crippen LogP contribution in [0.25, 0.3) is 11.1 Å². The maximum absolute atomic E-state index is 14.8. The standard InChI is InChI=1S/C29H34FN5O3S/c1-7-17(3)20(15-32-24(8-2)19(5)36)12-13-26-34-35-29(39-26)33-28(37)22-16-31-18(4)14-21(22)27-23(30)10-9-11-25(27)38-6/h8-11,14-16,19,36H,7,12-13H2,1-6H3,(H,33,35,37)/b20-17-,24-8-,32-15-. The first-order chi connectivity index (χ1) is 18.7. The van der Waals surface area contributed by atoms with Gasteiger partial charge in [0, 0.05) is 30.1 Å². The topological polar surface area (TPSA) is 110 Å². The molecule has 2 N–H and O–H groups in total. The predicted octanol–water partition coefficient (Wildman–Crippen LogP) is 6.32. The maximum atomic E-state index is 14.8. The lowest BCUT2D eigenvalue weighted by Crippen LogP contribution is -2.14. The Morgan fingerprint density at radius 1 is 1.33 bits per heavy atom. The molecule has 0 fully saturated rings. The molecule has 1 unspecified atom stereocenters. The zero-order valence-corrected chi connectivity index (χ0v) is 23.9. The summed E-state index contributed by atoms with van der Waals surface area (Å²) in [5, 5.41) is 22.1. The normalized spacial score (nSPS) is 13.4. The number of carbonyl (C=O) groups is 1. The van der Waals surface area contributed by atoms with E-state index in [1.807, 2.05) is 6.92 Å². The molecule has 8 nitrogen and oxygen atoms in total. The fourth-order valence-electron chi connectivity index (χ4n) is 3.89. The first kappa shape index (κ1) is 29.8. The second kappa shape index (κ2) is 13.9. The molecule has 3 aromatic rings. The van der Waals surface area contributed by atoms with Crippen LogP contribution in [0.1, 0.15) is 61.6 Å². The van der Waals surface area contributed by atoms with Crippen LogP contribution in [0.15, 0.2) is 58.4 Å². The molecular weight excluding hydrogens is 517 g/mol. The molecule has 10 heteroatoms. The van der Waals surface area contributed by atoms with Crippen molar-refractivity contribution in [3.63, 3.8) is 0 Å². The number of aliphatic hydroxyl groups excluding tert-OH is 1. The van der Waals surface area contributed by atoms with Gasteiger partial charge >= 0.3 is 0 Å². The molecule has 1 aromatic carbocycles. The first-order valence-electron chi connectivity index (χ1n) is 12.7. The number of nitrogens with one attached hydrogen (secondary N) is 1. The van der Waals surface area contributed by atoms with Gasteiger partial charge < -0.3 is 9.84 Å². The van der Waals surface area contributed by atoms with E-state index in [1.54, 1.807) is 44.3 Å². The van der Waals surface area contributed by atoms with Crippen LogP contribution in [0.5, 0.6) is 5.75 Å². The number of carbonyl (C=O) groups excluding carboxylic acids is 1. The van der Waals surface area contributed by atoms with E-state index in [9.17, 15) is 14.3 Å². The van der Waals surface area contributed by atoms with E-state index in [0.29, 0.717) is 40.7 Å². The molecule has 0 spiro atoms. The van der Waals surface area contributed by atoms with Gasteiger partial charge in [-0.3, -0.25) is 20.1 Å². The largest absolute Gasteiger partial charge is 0.496 e. The lowest BCUT2D eigenvalue weighted by Gasteiger charge is -2.14. The molecule has 206 valence electrons. The number of aryl methyl sites for hydroxylation is 2. The number of pyridine rings is 1. The second-order valence-corrected chi connectivity index (χ2v) is 10.0. The van der Waals surface area contributed by atoms with Crippen molar-refractivity contribution in [3.05, 3.63) is 75.5 Å². The molecule has 0 saturated carbocycles. The van der Waals surface area contributed by atoms with Crippen molar-refractivity contribution in [1.29, 1.82) is 0 Å². The van der Waals surface area contributed by atoms with Crippen LogP contribution >= 0.6 is 11.3 Å². The van der Waals surface area contributed by atoms with Gasteiger partial charge in [-0.2, -0.15) is 0 Å². The number of aliphatic imine (C=N–C) groups is 1. The zero-order valence-electron chi connectivity index (χ0n) is 23.1. The van der Waals surface area contributed by atoms with Crippen molar-refractivity contribution in [2.75, 3.05) is 12.4 Å². The lowest BCUT2D eigenvalue weighted by atomic mass is 9.98. The lowest BCUT2D eigenvalue weighted by molar-refractivity contribution is 0.102. The molecule has 3 rings (SSSR count). The number of benzene rings is 1. The molecule has 2 heterocycles. The van der Waals surface area contributed by atoms with E-state index in [4.69, 9.17) is 4.74 Å². The van der Waals surface area contributed by atoms with Gasteiger partial charge in [-0.1, -0.05) is 36.0 Å². The quantitative estimate of drug-likeness (QED) is 0.270. The highest BCUT2D eigenvalue weighted by molar-refractivity contribution is 7.15. The molecule has 1 atom stereocenters. The van der Waals surface area contributed by atoms with E-state index >= 15 is 0 Å². The number of halogens is 1. The Hall–Kier alpha value is -3.76. The third kappa shape index (κ3) is 7.64. The fourth-order valence-corrected chi connectivity index (χ4v) is 4.62. The number of methoxy groups -OCH3 is 1. The number of nitrogens with zero attached hydrogens (tertiary/aromatic N) is 4. The van der Waals surface area contributed by atoms with Crippen LogP contribution in [0.3, 0.4) is 0 Å². The monoisotopic (exact) mass is 551 g/mol. The van der Waals surface area contributed by atoms with Crippen LogP contribution < -0.4 is 10.1 Å². The highest BCUT2D eigenvalue weighted by Gasteiger charge is 2.21. The Kier molecular flexibility index (Phi) is 10.6. The number of hydrogen-bond donors (Lipinski definition) is 2. The second-order valence-electron chi connectivity index (χ2n) is 8.95. The molecule has 0 radical (unpaired) electrons. The van der Waals surface area contributed by atoms with Gasteiger partial charge in [0.15, 0.2) is 0 Å². The van der Waals surface area contributed by atoms with E-state index < -0.39 is 17.8 Å². The van der Waals surface area contributed by atoms with Gasteiger partial charge in [0.1, 0.15) is 16.6 Å². The Bertz CT molecular complexity index is 1410. The van der Waals surface area contributed by atoms with Gasteiger partial charge in [-0.05, 0) is 64.3 Å². The average Bonchev–Trinajstić information content (AvgIpc) is 3.36. The molecule has 0 bridgehead atoms. The van der Waals surface area contributed by atoms with Crippen LogP contribution in [0, 0.1) is 12.7 Å². The van der Waals surface area contributed by atoms with Gasteiger partial charge in [0.05, 0.1) is 30.0 Å². The number of anilines is 1. The summed E-state index contributed by atoms with van der Waals surface area (Å²) in [6.45, 7) is 9.44. The van der Waals surface area contributed by atoms with Crippen LogP contribution in [-0.4, -0.2) is 45.6 Å². The van der Waals surface area contributed by atoms with E-state index in [-0.39, 0.29) is 11.1 Å². The smallest absolute Gasteiger partial charge is 0.259 e. The van der Waals surface area contributed by atoms with Crippen LogP contribution in [0.4, 0.5) is 9.52 Å². The summed E-state index contributed by atoms with van der Waals surface area (Å²) in [4.78, 5) is 21.9. The van der Waals surface area contributed by atoms with E-state index in [2.05, 4.69) is 39.3 Å². The van der Waals surface area contributed by atoms with Crippen LogP contribution in [0.2, 0.25) is 0 Å². The van der Waals surface area contributed by atoms with Gasteiger partial charge in [0.25, 0.3) is 5.91 Å². The Morgan fingerprint density at radius 2 is 2.10 bits per heavy atom. The molecule has 2 aromatic heterocycles. The minimum atomic E-state index is -0.646. The molecule has 0 aliphatic heterocycles. The number of amides is 1.